The molecule has 0 spiro atoms. The molecule has 1 aliphatic carbocycles. The van der Waals surface area contributed by atoms with E-state index < -0.39 is 0 Å². The number of nitrogens with zero attached hydrogens (tertiary/aromatic N) is 3. The summed E-state index contributed by atoms with van der Waals surface area (Å²) in [5.41, 5.74) is 10.9. The third-order valence-electron chi connectivity index (χ3n) is 2.85. The Kier molecular flexibility index (Phi) is 19.4. The molecule has 0 aromatic heterocycles. The second-order valence-electron chi connectivity index (χ2n) is 4.19. The minimum atomic E-state index is -0.329. The van der Waals surface area contributed by atoms with Crippen LogP contribution in [-0.2, 0) is 24.2 Å². The van der Waals surface area contributed by atoms with Gasteiger partial charge in [0.25, 0.3) is 5.91 Å². The SMILES string of the molecule is COC1=CC(=NC(=O)c2ccccc2)C(C)=CC1=[N+]=[N-].Cl.[Cl-].[Cl-].[Cl-].[Zn+2]. The fourth-order valence-corrected chi connectivity index (χ4v) is 1.78. The first kappa shape index (κ1) is 31.7. The van der Waals surface area contributed by atoms with E-state index in [0.29, 0.717) is 22.7 Å². The molecule has 10 heteroatoms. The average molecular weight is 475 g/mol. The van der Waals surface area contributed by atoms with Crippen molar-refractivity contribution < 1.29 is 71.0 Å². The summed E-state index contributed by atoms with van der Waals surface area (Å²) in [4.78, 5) is 19.2. The summed E-state index contributed by atoms with van der Waals surface area (Å²) in [5, 5.41) is 0. The predicted octanol–water partition coefficient (Wildman–Crippen LogP) is -6.14. The fourth-order valence-electron chi connectivity index (χ4n) is 1.78. The minimum Gasteiger partial charge on any atom is -1.00 e. The summed E-state index contributed by atoms with van der Waals surface area (Å²) in [7, 11) is 1.46. The Morgan fingerprint density at radius 2 is 1.68 bits per heavy atom. The van der Waals surface area contributed by atoms with Gasteiger partial charge in [0, 0.05) is 17.7 Å². The molecule has 0 bridgehead atoms. The number of rotatable bonds is 2. The summed E-state index contributed by atoms with van der Waals surface area (Å²) >= 11 is 0. The first-order valence-corrected chi connectivity index (χ1v) is 6.00. The van der Waals surface area contributed by atoms with Crippen molar-refractivity contribution in [3.8, 4) is 0 Å². The van der Waals surface area contributed by atoms with Crippen LogP contribution in [-0.4, -0.2) is 29.2 Å². The fraction of sp³-hybridized carbons (Fsp3) is 0.133. The van der Waals surface area contributed by atoms with Gasteiger partial charge in [-0.2, -0.15) is 4.79 Å². The maximum atomic E-state index is 12.0. The molecule has 0 aliphatic heterocycles. The Morgan fingerprint density at radius 3 is 2.16 bits per heavy atom. The van der Waals surface area contributed by atoms with Crippen LogP contribution in [0, 0.1) is 0 Å². The molecule has 1 aromatic rings. The van der Waals surface area contributed by atoms with E-state index >= 15 is 0 Å². The molecule has 2 rings (SSSR count). The van der Waals surface area contributed by atoms with Gasteiger partial charge in [0.15, 0.2) is 0 Å². The number of aliphatic imine (C=N–C) groups is 1. The molecule has 0 saturated carbocycles. The number of halogens is 4. The van der Waals surface area contributed by atoms with Crippen molar-refractivity contribution in [2.75, 3.05) is 7.11 Å². The third kappa shape index (κ3) is 8.28. The molecule has 132 valence electrons. The molecule has 0 heterocycles. The normalized spacial score (nSPS) is 13.0. The first-order valence-electron chi connectivity index (χ1n) is 6.00. The Balaban J connectivity index is -0.000000441. The van der Waals surface area contributed by atoms with E-state index in [1.54, 1.807) is 43.3 Å². The Hall–Kier alpha value is -0.997. The quantitative estimate of drug-likeness (QED) is 0.185. The molecular weight excluding hydrogens is 461 g/mol. The summed E-state index contributed by atoms with van der Waals surface area (Å²) in [6.45, 7) is 1.78. The molecule has 1 amide bonds. The molecular formula is C15H14Cl4N3O2Zn-. The molecule has 0 atom stereocenters. The molecule has 0 unspecified atom stereocenters. The maximum Gasteiger partial charge on any atom is 2.00 e. The van der Waals surface area contributed by atoms with Crippen LogP contribution in [0.2, 0.25) is 0 Å². The zero-order valence-corrected chi connectivity index (χ0v) is 19.5. The molecule has 25 heavy (non-hydrogen) atoms. The van der Waals surface area contributed by atoms with E-state index in [0.717, 1.165) is 5.57 Å². The number of hydrogen-bond donors (Lipinski definition) is 0. The second kappa shape index (κ2) is 15.3. The van der Waals surface area contributed by atoms with Gasteiger partial charge >= 0.3 is 25.2 Å². The van der Waals surface area contributed by atoms with E-state index in [-0.39, 0.29) is 75.0 Å². The van der Waals surface area contributed by atoms with Gasteiger partial charge in [0.05, 0.1) is 12.8 Å². The number of benzene rings is 1. The number of allylic oxidation sites excluding steroid dienone is 3. The number of ether oxygens (including phenoxy) is 1. The maximum absolute atomic E-state index is 12.0. The van der Waals surface area contributed by atoms with Gasteiger partial charge in [-0.25, -0.2) is 4.99 Å². The summed E-state index contributed by atoms with van der Waals surface area (Å²) in [5.74, 6) is 0.0298. The van der Waals surface area contributed by atoms with Crippen molar-refractivity contribution in [1.29, 1.82) is 0 Å². The van der Waals surface area contributed by atoms with Crippen molar-refractivity contribution in [3.05, 3.63) is 64.9 Å². The van der Waals surface area contributed by atoms with E-state index in [1.165, 1.54) is 7.11 Å². The van der Waals surface area contributed by atoms with Gasteiger partial charge in [-0.05, 0) is 24.6 Å². The Morgan fingerprint density at radius 1 is 1.12 bits per heavy atom. The summed E-state index contributed by atoms with van der Waals surface area (Å²) in [6, 6.07) is 8.81. The zero-order valence-electron chi connectivity index (χ0n) is 13.4. The van der Waals surface area contributed by atoms with Crippen molar-refractivity contribution in [2.45, 2.75) is 6.92 Å². The molecule has 0 saturated heterocycles. The van der Waals surface area contributed by atoms with E-state index in [1.807, 2.05) is 6.07 Å². The summed E-state index contributed by atoms with van der Waals surface area (Å²) < 4.78 is 5.09. The van der Waals surface area contributed by atoms with Crippen LogP contribution in [0.25, 0.3) is 5.53 Å². The molecule has 0 radical (unpaired) electrons. The van der Waals surface area contributed by atoms with E-state index in [4.69, 9.17) is 10.3 Å². The van der Waals surface area contributed by atoms with E-state index in [2.05, 4.69) is 9.78 Å². The van der Waals surface area contributed by atoms with Crippen LogP contribution in [0.1, 0.15) is 17.3 Å². The van der Waals surface area contributed by atoms with Gasteiger partial charge in [-0.1, -0.05) is 18.2 Å². The Labute approximate surface area is 184 Å². The minimum absolute atomic E-state index is 0. The van der Waals surface area contributed by atoms with Gasteiger partial charge < -0.3 is 47.5 Å². The first-order chi connectivity index (χ1) is 9.65. The largest absolute Gasteiger partial charge is 2.00 e. The second-order valence-corrected chi connectivity index (χ2v) is 4.19. The van der Waals surface area contributed by atoms with Gasteiger partial charge in [-0.3, -0.25) is 4.79 Å². The number of carbonyl (C=O) groups is 1. The molecule has 1 aliphatic rings. The van der Waals surface area contributed by atoms with Crippen LogP contribution in [0.15, 0.2) is 58.8 Å². The monoisotopic (exact) mass is 472 g/mol. The molecule has 0 N–H and O–H groups in total. The molecule has 0 fully saturated rings. The number of carbonyl (C=O) groups excluding carboxylic acids is 1. The smallest absolute Gasteiger partial charge is 1.00 e. The van der Waals surface area contributed by atoms with Crippen molar-refractivity contribution in [1.82, 2.24) is 0 Å². The number of methoxy groups -OCH3 is 1. The Bertz CT molecular complexity index is 700. The van der Waals surface area contributed by atoms with Crippen molar-refractivity contribution in [3.63, 3.8) is 0 Å². The predicted molar refractivity (Wildman–Crippen MR) is 82.9 cm³/mol. The van der Waals surface area contributed by atoms with Gasteiger partial charge in [-0.15, -0.1) is 12.4 Å². The summed E-state index contributed by atoms with van der Waals surface area (Å²) in [6.07, 6.45) is 3.18. The number of hydrogen-bond acceptors (Lipinski definition) is 2. The van der Waals surface area contributed by atoms with Crippen LogP contribution in [0.3, 0.4) is 0 Å². The molecule has 1 aromatic carbocycles. The van der Waals surface area contributed by atoms with E-state index in [9.17, 15) is 4.79 Å². The topological polar surface area (TPSA) is 75.1 Å². The number of amides is 1. The standard InChI is InChI=1S/C15H13N3O2.4ClH.Zn/c1-10-8-13(18-16)14(20-2)9-12(10)17-15(19)11-6-4-3-5-7-11;;;;;/h3-9H,1-2H3;4*1H;/q;;;;;+2/p-3. The van der Waals surface area contributed by atoms with Gasteiger partial charge in [0.1, 0.15) is 0 Å². The zero-order chi connectivity index (χ0) is 14.5. The van der Waals surface area contributed by atoms with Crippen molar-refractivity contribution in [2.24, 2.45) is 4.99 Å². The third-order valence-corrected chi connectivity index (χ3v) is 2.85. The van der Waals surface area contributed by atoms with Crippen LogP contribution in [0.4, 0.5) is 0 Å². The van der Waals surface area contributed by atoms with Crippen LogP contribution in [0.5, 0.6) is 0 Å². The van der Waals surface area contributed by atoms with Gasteiger partial charge in [0.2, 0.25) is 5.76 Å². The van der Waals surface area contributed by atoms with Crippen LogP contribution >= 0.6 is 12.4 Å². The van der Waals surface area contributed by atoms with Crippen molar-refractivity contribution >= 4 is 29.7 Å². The average Bonchev–Trinajstić information content (AvgIpc) is 2.49. The molecule has 5 nitrogen and oxygen atoms in total. The van der Waals surface area contributed by atoms with Crippen LogP contribution < -0.4 is 37.2 Å².